The third kappa shape index (κ3) is 3.82. The van der Waals surface area contributed by atoms with Gasteiger partial charge in [-0.1, -0.05) is 24.6 Å². The summed E-state index contributed by atoms with van der Waals surface area (Å²) in [5.41, 5.74) is 2.35. The summed E-state index contributed by atoms with van der Waals surface area (Å²) in [5, 5.41) is 0.208. The largest absolute Gasteiger partial charge is 0.310 e. The van der Waals surface area contributed by atoms with Crippen molar-refractivity contribution in [1.82, 2.24) is 0 Å². The van der Waals surface area contributed by atoms with Crippen LogP contribution in [-0.4, -0.2) is 26.1 Å². The van der Waals surface area contributed by atoms with Crippen LogP contribution in [0.2, 0.25) is 0 Å². The van der Waals surface area contributed by atoms with Gasteiger partial charge in [0.2, 0.25) is 5.91 Å². The zero-order valence-electron chi connectivity index (χ0n) is 14.3. The van der Waals surface area contributed by atoms with E-state index in [1.54, 1.807) is 47.0 Å². The van der Waals surface area contributed by atoms with Gasteiger partial charge in [-0.15, -0.1) is 11.8 Å². The SMILES string of the molecule is CC(=O)N1CC(C)Sc2cc(S(=O)(=O)Nc3ccc(C)cc3)ccc21. The van der Waals surface area contributed by atoms with Crippen molar-refractivity contribution in [3.8, 4) is 0 Å². The van der Waals surface area contributed by atoms with Crippen molar-refractivity contribution in [2.75, 3.05) is 16.2 Å². The van der Waals surface area contributed by atoms with Crippen LogP contribution in [0.3, 0.4) is 0 Å². The maximum atomic E-state index is 12.7. The Kier molecular flexibility index (Phi) is 4.79. The predicted molar refractivity (Wildman–Crippen MR) is 102 cm³/mol. The fraction of sp³-hybridized carbons (Fsp3) is 0.278. The zero-order chi connectivity index (χ0) is 18.2. The molecule has 1 aliphatic heterocycles. The summed E-state index contributed by atoms with van der Waals surface area (Å²) >= 11 is 1.59. The molecule has 7 heteroatoms. The molecule has 1 heterocycles. The molecule has 1 amide bonds. The number of amides is 1. The minimum Gasteiger partial charge on any atom is -0.310 e. The number of aryl methyl sites for hydroxylation is 1. The second-order valence-electron chi connectivity index (χ2n) is 6.16. The summed E-state index contributed by atoms with van der Waals surface area (Å²) in [6, 6.07) is 12.1. The lowest BCUT2D eigenvalue weighted by Crippen LogP contribution is -2.37. The summed E-state index contributed by atoms with van der Waals surface area (Å²) in [6.45, 7) is 6.12. The number of carbonyl (C=O) groups is 1. The first-order chi connectivity index (χ1) is 11.8. The van der Waals surface area contributed by atoms with Gasteiger partial charge in [-0.2, -0.15) is 0 Å². The highest BCUT2D eigenvalue weighted by Gasteiger charge is 2.27. The Hall–Kier alpha value is -1.99. The number of carbonyl (C=O) groups excluding carboxylic acids is 1. The molecule has 132 valence electrons. The van der Waals surface area contributed by atoms with Crippen LogP contribution < -0.4 is 9.62 Å². The van der Waals surface area contributed by atoms with E-state index in [1.165, 1.54) is 6.92 Å². The molecule has 0 saturated heterocycles. The molecule has 3 rings (SSSR count). The molecule has 1 aliphatic rings. The molecule has 0 aromatic heterocycles. The highest BCUT2D eigenvalue weighted by Crippen LogP contribution is 2.39. The second kappa shape index (κ2) is 6.72. The number of rotatable bonds is 3. The van der Waals surface area contributed by atoms with Crippen molar-refractivity contribution in [2.45, 2.75) is 35.8 Å². The second-order valence-corrected chi connectivity index (χ2v) is 9.32. The van der Waals surface area contributed by atoms with Gasteiger partial charge < -0.3 is 4.90 Å². The minimum absolute atomic E-state index is 0.0400. The Morgan fingerprint density at radius 2 is 1.88 bits per heavy atom. The summed E-state index contributed by atoms with van der Waals surface area (Å²) in [5.74, 6) is -0.0400. The van der Waals surface area contributed by atoms with Crippen LogP contribution in [-0.2, 0) is 14.8 Å². The third-order valence-electron chi connectivity index (χ3n) is 3.98. The highest BCUT2D eigenvalue weighted by atomic mass is 32.2. The van der Waals surface area contributed by atoms with Crippen LogP contribution in [0, 0.1) is 6.92 Å². The molecule has 0 fully saturated rings. The van der Waals surface area contributed by atoms with Gasteiger partial charge in [0.15, 0.2) is 0 Å². The fourth-order valence-electron chi connectivity index (χ4n) is 2.72. The third-order valence-corrected chi connectivity index (χ3v) is 6.50. The molecule has 0 saturated carbocycles. The molecule has 0 aliphatic carbocycles. The van der Waals surface area contributed by atoms with Gasteiger partial charge in [0, 0.05) is 29.3 Å². The van der Waals surface area contributed by atoms with Crippen LogP contribution in [0.5, 0.6) is 0 Å². The maximum Gasteiger partial charge on any atom is 0.261 e. The summed E-state index contributed by atoms with van der Waals surface area (Å²) in [7, 11) is -3.68. The molecular formula is C18H20N2O3S2. The number of hydrogen-bond acceptors (Lipinski definition) is 4. The normalized spacial score (nSPS) is 17.1. The number of thioether (sulfide) groups is 1. The van der Waals surface area contributed by atoms with Gasteiger partial charge in [-0.05, 0) is 37.3 Å². The number of fused-ring (bicyclic) bond motifs is 1. The van der Waals surface area contributed by atoms with Gasteiger partial charge >= 0.3 is 0 Å². The van der Waals surface area contributed by atoms with Crippen molar-refractivity contribution >= 4 is 39.1 Å². The van der Waals surface area contributed by atoms with E-state index >= 15 is 0 Å². The van der Waals surface area contributed by atoms with E-state index in [4.69, 9.17) is 0 Å². The summed E-state index contributed by atoms with van der Waals surface area (Å²) in [4.78, 5) is 14.5. The summed E-state index contributed by atoms with van der Waals surface area (Å²) < 4.78 is 27.9. The summed E-state index contributed by atoms with van der Waals surface area (Å²) in [6.07, 6.45) is 0. The Balaban J connectivity index is 1.94. The first kappa shape index (κ1) is 17.8. The van der Waals surface area contributed by atoms with Crippen LogP contribution in [0.25, 0.3) is 0 Å². The predicted octanol–water partition coefficient (Wildman–Crippen LogP) is 3.64. The Labute approximate surface area is 152 Å². The van der Waals surface area contributed by atoms with Gasteiger partial charge in [-0.3, -0.25) is 9.52 Å². The van der Waals surface area contributed by atoms with Crippen molar-refractivity contribution in [2.24, 2.45) is 0 Å². The highest BCUT2D eigenvalue weighted by molar-refractivity contribution is 8.00. The van der Waals surface area contributed by atoms with E-state index in [0.29, 0.717) is 12.2 Å². The number of nitrogens with one attached hydrogen (secondary N) is 1. The van der Waals surface area contributed by atoms with Gasteiger partial charge in [0.25, 0.3) is 10.0 Å². The standard InChI is InChI=1S/C18H20N2O3S2/c1-12-4-6-15(7-5-12)19-25(22,23)16-8-9-17-18(10-16)24-13(2)11-20(17)14(3)21/h4-10,13,19H,11H2,1-3H3. The molecule has 1 N–H and O–H groups in total. The molecule has 1 unspecified atom stereocenters. The lowest BCUT2D eigenvalue weighted by atomic mass is 10.2. The molecule has 0 spiro atoms. The quantitative estimate of drug-likeness (QED) is 0.888. The number of hydrogen-bond donors (Lipinski definition) is 1. The van der Waals surface area contributed by atoms with Crippen molar-refractivity contribution in [3.05, 3.63) is 48.0 Å². The lowest BCUT2D eigenvalue weighted by molar-refractivity contribution is -0.116. The molecule has 25 heavy (non-hydrogen) atoms. The van der Waals surface area contributed by atoms with Gasteiger partial charge in [0.05, 0.1) is 10.6 Å². The molecule has 2 aromatic carbocycles. The molecule has 2 aromatic rings. The van der Waals surface area contributed by atoms with Crippen molar-refractivity contribution in [3.63, 3.8) is 0 Å². The molecule has 0 radical (unpaired) electrons. The smallest absolute Gasteiger partial charge is 0.261 e. The van der Waals surface area contributed by atoms with E-state index in [9.17, 15) is 13.2 Å². The Bertz CT molecular complexity index is 908. The molecule has 0 bridgehead atoms. The average Bonchev–Trinajstić information content (AvgIpc) is 2.55. The topological polar surface area (TPSA) is 66.5 Å². The minimum atomic E-state index is -3.68. The van der Waals surface area contributed by atoms with E-state index < -0.39 is 10.0 Å². The van der Waals surface area contributed by atoms with Crippen LogP contribution >= 0.6 is 11.8 Å². The van der Waals surface area contributed by atoms with Crippen LogP contribution in [0.4, 0.5) is 11.4 Å². The average molecular weight is 377 g/mol. The van der Waals surface area contributed by atoms with Crippen molar-refractivity contribution < 1.29 is 13.2 Å². The number of benzene rings is 2. The van der Waals surface area contributed by atoms with Gasteiger partial charge in [-0.25, -0.2) is 8.42 Å². The van der Waals surface area contributed by atoms with E-state index in [1.807, 2.05) is 26.0 Å². The Morgan fingerprint density at radius 3 is 2.52 bits per heavy atom. The molecule has 1 atom stereocenters. The number of anilines is 2. The fourth-order valence-corrected chi connectivity index (χ4v) is 5.03. The zero-order valence-corrected chi connectivity index (χ0v) is 15.9. The number of sulfonamides is 1. The van der Waals surface area contributed by atoms with Crippen LogP contribution in [0.1, 0.15) is 19.4 Å². The lowest BCUT2D eigenvalue weighted by Gasteiger charge is -2.32. The van der Waals surface area contributed by atoms with Gasteiger partial charge in [0.1, 0.15) is 0 Å². The van der Waals surface area contributed by atoms with E-state index in [-0.39, 0.29) is 16.1 Å². The Morgan fingerprint density at radius 1 is 1.20 bits per heavy atom. The first-order valence-corrected chi connectivity index (χ1v) is 10.3. The monoisotopic (exact) mass is 376 g/mol. The first-order valence-electron chi connectivity index (χ1n) is 7.94. The molecular weight excluding hydrogens is 356 g/mol. The van der Waals surface area contributed by atoms with Crippen LogP contribution in [0.15, 0.2) is 52.3 Å². The molecule has 5 nitrogen and oxygen atoms in total. The van der Waals surface area contributed by atoms with Crippen molar-refractivity contribution in [1.29, 1.82) is 0 Å². The van der Waals surface area contributed by atoms with E-state index in [2.05, 4.69) is 4.72 Å². The number of nitrogens with zero attached hydrogens (tertiary/aromatic N) is 1. The maximum absolute atomic E-state index is 12.7. The van der Waals surface area contributed by atoms with E-state index in [0.717, 1.165) is 16.1 Å².